The molecule has 2 nitrogen and oxygen atoms in total. The van der Waals surface area contributed by atoms with Crippen molar-refractivity contribution in [2.24, 2.45) is 11.1 Å². The van der Waals surface area contributed by atoms with Crippen molar-refractivity contribution in [2.75, 3.05) is 26.2 Å². The Morgan fingerprint density at radius 3 is 2.22 bits per heavy atom. The molecule has 0 saturated carbocycles. The second kappa shape index (κ2) is 1.70. The molecule has 2 heterocycles. The predicted octanol–water partition coefficient (Wildman–Crippen LogP) is 0.0409. The van der Waals surface area contributed by atoms with Gasteiger partial charge in [-0.2, -0.15) is 0 Å². The van der Waals surface area contributed by atoms with Crippen LogP contribution in [0, 0.1) is 5.41 Å². The van der Waals surface area contributed by atoms with Gasteiger partial charge in [-0.3, -0.25) is 0 Å². The molecule has 2 saturated heterocycles. The molecule has 0 unspecified atom stereocenters. The molecule has 2 heteroatoms. The molecule has 52 valence electrons. The quantitative estimate of drug-likeness (QED) is 0.537. The van der Waals surface area contributed by atoms with Gasteiger partial charge in [0.25, 0.3) is 0 Å². The number of hydrogen-bond acceptors (Lipinski definition) is 2. The Labute approximate surface area is 56.0 Å². The third-order valence-electron chi connectivity index (χ3n) is 2.91. The van der Waals surface area contributed by atoms with Crippen LogP contribution in [0.4, 0.5) is 0 Å². The molecule has 0 atom stereocenters. The molecule has 2 fully saturated rings. The number of hydrogen-bond donors (Lipinski definition) is 1. The van der Waals surface area contributed by atoms with Gasteiger partial charge in [0.2, 0.25) is 0 Å². The Bertz CT molecular complexity index is 114. The van der Waals surface area contributed by atoms with E-state index < -0.39 is 0 Å². The average molecular weight is 126 g/mol. The highest BCUT2D eigenvalue weighted by Gasteiger charge is 2.42. The molecular formula is C7H14N2. The van der Waals surface area contributed by atoms with E-state index in [9.17, 15) is 0 Å². The smallest absolute Gasteiger partial charge is 0.00510 e. The molecule has 2 bridgehead atoms. The van der Waals surface area contributed by atoms with Crippen LogP contribution in [-0.2, 0) is 0 Å². The fourth-order valence-electron chi connectivity index (χ4n) is 2.09. The molecule has 0 aromatic rings. The molecule has 0 aromatic carbocycles. The van der Waals surface area contributed by atoms with E-state index in [-0.39, 0.29) is 0 Å². The first kappa shape index (κ1) is 5.69. The van der Waals surface area contributed by atoms with Crippen molar-refractivity contribution >= 4 is 0 Å². The highest BCUT2D eigenvalue weighted by atomic mass is 15.2. The summed E-state index contributed by atoms with van der Waals surface area (Å²) in [5.41, 5.74) is 6.23. The minimum atomic E-state index is 0.556. The minimum Gasteiger partial charge on any atom is -0.330 e. The lowest BCUT2D eigenvalue weighted by molar-refractivity contribution is 0.328. The van der Waals surface area contributed by atoms with Crippen molar-refractivity contribution in [3.8, 4) is 0 Å². The van der Waals surface area contributed by atoms with Crippen LogP contribution < -0.4 is 5.73 Å². The van der Waals surface area contributed by atoms with Gasteiger partial charge < -0.3 is 10.6 Å². The van der Waals surface area contributed by atoms with Gasteiger partial charge in [0, 0.05) is 6.54 Å². The summed E-state index contributed by atoms with van der Waals surface area (Å²) in [6, 6.07) is 0. The molecule has 2 aliphatic heterocycles. The molecule has 0 radical (unpaired) electrons. The molecule has 0 spiro atoms. The van der Waals surface area contributed by atoms with Gasteiger partial charge in [0.1, 0.15) is 0 Å². The summed E-state index contributed by atoms with van der Waals surface area (Å²) in [5, 5.41) is 0. The highest BCUT2D eigenvalue weighted by Crippen LogP contribution is 2.38. The van der Waals surface area contributed by atoms with Crippen molar-refractivity contribution in [3.63, 3.8) is 0 Å². The molecule has 2 aliphatic rings. The van der Waals surface area contributed by atoms with Gasteiger partial charge in [-0.15, -0.1) is 0 Å². The standard InChI is InChI=1S/C7H14N2/c8-5-7-1-3-9(6-7)4-2-7/h1-6,8H2. The molecule has 0 amide bonds. The maximum absolute atomic E-state index is 5.68. The fourth-order valence-corrected chi connectivity index (χ4v) is 2.09. The Hall–Kier alpha value is -0.0800. The van der Waals surface area contributed by atoms with Gasteiger partial charge in [-0.25, -0.2) is 0 Å². The number of nitrogens with zero attached hydrogens (tertiary/aromatic N) is 1. The number of nitrogens with two attached hydrogens (primary N) is 1. The van der Waals surface area contributed by atoms with Gasteiger partial charge >= 0.3 is 0 Å². The summed E-state index contributed by atoms with van der Waals surface area (Å²) < 4.78 is 0. The van der Waals surface area contributed by atoms with Crippen LogP contribution in [0.1, 0.15) is 12.8 Å². The average Bonchev–Trinajstić information content (AvgIpc) is 2.46. The molecule has 0 aromatic heterocycles. The van der Waals surface area contributed by atoms with E-state index in [0.29, 0.717) is 5.41 Å². The van der Waals surface area contributed by atoms with Crippen molar-refractivity contribution in [3.05, 3.63) is 0 Å². The zero-order valence-electron chi connectivity index (χ0n) is 5.77. The van der Waals surface area contributed by atoms with E-state index in [0.717, 1.165) is 6.54 Å². The Balaban J connectivity index is 2.13. The lowest BCUT2D eigenvalue weighted by Gasteiger charge is -2.21. The molecule has 2 N–H and O–H groups in total. The SMILES string of the molecule is NCC12CCN(CC1)C2. The predicted molar refractivity (Wildman–Crippen MR) is 37.2 cm³/mol. The van der Waals surface area contributed by atoms with E-state index >= 15 is 0 Å². The first-order valence-corrected chi connectivity index (χ1v) is 3.77. The topological polar surface area (TPSA) is 29.3 Å². The monoisotopic (exact) mass is 126 g/mol. The van der Waals surface area contributed by atoms with Crippen LogP contribution in [0.15, 0.2) is 0 Å². The Kier molecular flexibility index (Phi) is 1.08. The molecule has 0 aliphatic carbocycles. The van der Waals surface area contributed by atoms with E-state index in [2.05, 4.69) is 4.90 Å². The number of rotatable bonds is 1. The molecular weight excluding hydrogens is 112 g/mol. The summed E-state index contributed by atoms with van der Waals surface area (Å²) in [6.07, 6.45) is 2.70. The second-order valence-electron chi connectivity index (χ2n) is 3.48. The van der Waals surface area contributed by atoms with Gasteiger partial charge in [0.05, 0.1) is 0 Å². The largest absolute Gasteiger partial charge is 0.330 e. The Morgan fingerprint density at radius 2 is 2.00 bits per heavy atom. The minimum absolute atomic E-state index is 0.556. The summed E-state index contributed by atoms with van der Waals surface area (Å²) in [7, 11) is 0. The van der Waals surface area contributed by atoms with Crippen molar-refractivity contribution in [1.82, 2.24) is 4.90 Å². The van der Waals surface area contributed by atoms with Crippen LogP contribution in [-0.4, -0.2) is 31.1 Å². The normalized spacial score (nSPS) is 48.3. The van der Waals surface area contributed by atoms with Crippen LogP contribution in [0.5, 0.6) is 0 Å². The van der Waals surface area contributed by atoms with Crippen molar-refractivity contribution in [1.29, 1.82) is 0 Å². The lowest BCUT2D eigenvalue weighted by atomic mass is 9.85. The van der Waals surface area contributed by atoms with E-state index in [4.69, 9.17) is 5.73 Å². The third kappa shape index (κ3) is 0.700. The van der Waals surface area contributed by atoms with E-state index in [1.807, 2.05) is 0 Å². The fraction of sp³-hybridized carbons (Fsp3) is 1.00. The zero-order valence-corrected chi connectivity index (χ0v) is 5.77. The van der Waals surface area contributed by atoms with Gasteiger partial charge in [-0.05, 0) is 37.9 Å². The van der Waals surface area contributed by atoms with E-state index in [1.54, 1.807) is 0 Å². The van der Waals surface area contributed by atoms with Gasteiger partial charge in [-0.1, -0.05) is 0 Å². The lowest BCUT2D eigenvalue weighted by Crippen LogP contribution is -2.28. The Morgan fingerprint density at radius 1 is 1.33 bits per heavy atom. The third-order valence-corrected chi connectivity index (χ3v) is 2.91. The maximum Gasteiger partial charge on any atom is 0.00510 e. The molecule has 9 heavy (non-hydrogen) atoms. The highest BCUT2D eigenvalue weighted by molar-refractivity contribution is 4.96. The van der Waals surface area contributed by atoms with Crippen molar-refractivity contribution in [2.45, 2.75) is 12.8 Å². The maximum atomic E-state index is 5.68. The number of fused-ring (bicyclic) bond motifs is 2. The summed E-state index contributed by atoms with van der Waals surface area (Å²) >= 11 is 0. The summed E-state index contributed by atoms with van der Waals surface area (Å²) in [5.74, 6) is 0. The summed E-state index contributed by atoms with van der Waals surface area (Å²) in [4.78, 5) is 2.52. The van der Waals surface area contributed by atoms with Crippen LogP contribution in [0.3, 0.4) is 0 Å². The van der Waals surface area contributed by atoms with Crippen LogP contribution in [0.2, 0.25) is 0 Å². The van der Waals surface area contributed by atoms with Crippen LogP contribution in [0.25, 0.3) is 0 Å². The summed E-state index contributed by atoms with van der Waals surface area (Å²) in [6.45, 7) is 4.79. The van der Waals surface area contributed by atoms with Crippen molar-refractivity contribution < 1.29 is 0 Å². The van der Waals surface area contributed by atoms with Gasteiger partial charge in [0.15, 0.2) is 0 Å². The van der Waals surface area contributed by atoms with Crippen LogP contribution >= 0.6 is 0 Å². The first-order chi connectivity index (χ1) is 4.35. The second-order valence-corrected chi connectivity index (χ2v) is 3.48. The molecule has 2 rings (SSSR count). The number of piperidine rings is 1. The zero-order chi connectivity index (χ0) is 6.32. The van der Waals surface area contributed by atoms with E-state index in [1.165, 1.54) is 32.5 Å². The first-order valence-electron chi connectivity index (χ1n) is 3.77.